The fraction of sp³-hybridized carbons (Fsp3) is 0.375. The predicted octanol–water partition coefficient (Wildman–Crippen LogP) is 1.68. The highest BCUT2D eigenvalue weighted by Gasteiger charge is 1.98. The van der Waals surface area contributed by atoms with Gasteiger partial charge in [0, 0.05) is 7.05 Å². The standard InChI is InChI=1S/C8H12ClNO2/c1-6(11)4-5-12-7(2)8(9)10-3/h4-6,11H,2H2,1,3H3/b5-4-,10-8+. The molecule has 0 radical (unpaired) electrons. The number of hydrogen-bond donors (Lipinski definition) is 1. The second-order valence-electron chi connectivity index (χ2n) is 2.12. The van der Waals surface area contributed by atoms with Crippen LogP contribution in [0.1, 0.15) is 6.92 Å². The number of aliphatic imine (C=N–C) groups is 1. The molecule has 0 bridgehead atoms. The van der Waals surface area contributed by atoms with E-state index >= 15 is 0 Å². The van der Waals surface area contributed by atoms with Gasteiger partial charge in [-0.05, 0) is 13.0 Å². The van der Waals surface area contributed by atoms with Crippen LogP contribution in [0.5, 0.6) is 0 Å². The topological polar surface area (TPSA) is 41.8 Å². The third-order valence-corrected chi connectivity index (χ3v) is 1.37. The fourth-order valence-corrected chi connectivity index (χ4v) is 0.453. The molecule has 0 aromatic carbocycles. The van der Waals surface area contributed by atoms with Gasteiger partial charge in [0.05, 0.1) is 12.4 Å². The largest absolute Gasteiger partial charge is 0.463 e. The minimum Gasteiger partial charge on any atom is -0.463 e. The number of ether oxygens (including phenoxy) is 1. The van der Waals surface area contributed by atoms with E-state index in [9.17, 15) is 0 Å². The molecule has 12 heavy (non-hydrogen) atoms. The average Bonchev–Trinajstić information content (AvgIpc) is 2.02. The highest BCUT2D eigenvalue weighted by molar-refractivity contribution is 6.69. The van der Waals surface area contributed by atoms with Crippen LogP contribution in [0.15, 0.2) is 29.7 Å². The van der Waals surface area contributed by atoms with Crippen LogP contribution in [-0.2, 0) is 4.74 Å². The Balaban J connectivity index is 3.88. The quantitative estimate of drug-likeness (QED) is 0.540. The van der Waals surface area contributed by atoms with E-state index in [-0.39, 0.29) is 10.9 Å². The molecule has 3 nitrogen and oxygen atoms in total. The van der Waals surface area contributed by atoms with Gasteiger partial charge in [0.2, 0.25) is 0 Å². The van der Waals surface area contributed by atoms with Crippen molar-refractivity contribution in [3.8, 4) is 0 Å². The molecule has 0 saturated heterocycles. The van der Waals surface area contributed by atoms with Gasteiger partial charge in [-0.15, -0.1) is 0 Å². The molecule has 0 rings (SSSR count). The number of rotatable bonds is 4. The summed E-state index contributed by atoms with van der Waals surface area (Å²) < 4.78 is 4.91. The smallest absolute Gasteiger partial charge is 0.165 e. The van der Waals surface area contributed by atoms with Gasteiger partial charge in [0.15, 0.2) is 10.9 Å². The van der Waals surface area contributed by atoms with Crippen LogP contribution in [0.2, 0.25) is 0 Å². The summed E-state index contributed by atoms with van der Waals surface area (Å²) in [5, 5.41) is 9.01. The Morgan fingerprint density at radius 1 is 1.75 bits per heavy atom. The van der Waals surface area contributed by atoms with E-state index in [4.69, 9.17) is 21.4 Å². The maximum atomic E-state index is 8.80. The number of nitrogens with zero attached hydrogens (tertiary/aromatic N) is 1. The van der Waals surface area contributed by atoms with E-state index in [2.05, 4.69) is 11.6 Å². The van der Waals surface area contributed by atoms with Gasteiger partial charge in [-0.1, -0.05) is 18.2 Å². The van der Waals surface area contributed by atoms with Crippen LogP contribution in [0, 0.1) is 0 Å². The van der Waals surface area contributed by atoms with Crippen LogP contribution in [0.25, 0.3) is 0 Å². The summed E-state index contributed by atoms with van der Waals surface area (Å²) in [5.41, 5.74) is 0. The normalized spacial score (nSPS) is 14.8. The predicted molar refractivity (Wildman–Crippen MR) is 50.3 cm³/mol. The van der Waals surface area contributed by atoms with Crippen molar-refractivity contribution in [1.82, 2.24) is 0 Å². The average molecular weight is 190 g/mol. The van der Waals surface area contributed by atoms with Crippen molar-refractivity contribution in [3.63, 3.8) is 0 Å². The van der Waals surface area contributed by atoms with Crippen LogP contribution in [0.3, 0.4) is 0 Å². The lowest BCUT2D eigenvalue weighted by Gasteiger charge is -2.00. The molecule has 0 saturated carbocycles. The summed E-state index contributed by atoms with van der Waals surface area (Å²) in [5.74, 6) is 0.260. The van der Waals surface area contributed by atoms with E-state index in [1.54, 1.807) is 6.92 Å². The van der Waals surface area contributed by atoms with Gasteiger partial charge in [-0.3, -0.25) is 4.99 Å². The SMILES string of the molecule is C=C(O/C=C\C(C)O)/C(Cl)=N\C. The van der Waals surface area contributed by atoms with E-state index in [0.29, 0.717) is 0 Å². The number of allylic oxidation sites excluding steroid dienone is 1. The van der Waals surface area contributed by atoms with Crippen molar-refractivity contribution in [1.29, 1.82) is 0 Å². The Labute approximate surface area is 77.0 Å². The second kappa shape index (κ2) is 5.80. The zero-order valence-corrected chi connectivity index (χ0v) is 7.88. The Morgan fingerprint density at radius 2 is 2.33 bits per heavy atom. The zero-order valence-electron chi connectivity index (χ0n) is 7.12. The van der Waals surface area contributed by atoms with Gasteiger partial charge in [-0.2, -0.15) is 0 Å². The summed E-state index contributed by atoms with van der Waals surface area (Å²) in [6, 6.07) is 0. The van der Waals surface area contributed by atoms with Crippen LogP contribution < -0.4 is 0 Å². The number of hydrogen-bond acceptors (Lipinski definition) is 3. The molecule has 4 heteroatoms. The van der Waals surface area contributed by atoms with E-state index in [1.807, 2.05) is 0 Å². The van der Waals surface area contributed by atoms with Crippen molar-refractivity contribution in [3.05, 3.63) is 24.7 Å². The molecule has 1 atom stereocenters. The first kappa shape index (κ1) is 11.2. The van der Waals surface area contributed by atoms with Crippen molar-refractivity contribution >= 4 is 16.8 Å². The molecule has 0 fully saturated rings. The van der Waals surface area contributed by atoms with Crippen LogP contribution in [0.4, 0.5) is 0 Å². The molecule has 0 aromatic heterocycles. The van der Waals surface area contributed by atoms with Gasteiger partial charge >= 0.3 is 0 Å². The Bertz CT molecular complexity index is 209. The third-order valence-electron chi connectivity index (χ3n) is 0.994. The minimum absolute atomic E-state index is 0.213. The number of aliphatic hydroxyl groups excluding tert-OH is 1. The van der Waals surface area contributed by atoms with Crippen LogP contribution >= 0.6 is 11.6 Å². The van der Waals surface area contributed by atoms with E-state index in [1.165, 1.54) is 19.4 Å². The maximum Gasteiger partial charge on any atom is 0.165 e. The summed E-state index contributed by atoms with van der Waals surface area (Å²) in [4.78, 5) is 3.65. The van der Waals surface area contributed by atoms with Crippen molar-refractivity contribution < 1.29 is 9.84 Å². The lowest BCUT2D eigenvalue weighted by Crippen LogP contribution is -1.96. The van der Waals surface area contributed by atoms with Crippen molar-refractivity contribution in [2.75, 3.05) is 7.05 Å². The molecular weight excluding hydrogens is 178 g/mol. The molecule has 0 aliphatic heterocycles. The molecule has 68 valence electrons. The van der Waals surface area contributed by atoms with E-state index in [0.717, 1.165) is 0 Å². The molecule has 1 unspecified atom stereocenters. The number of halogens is 1. The first-order valence-electron chi connectivity index (χ1n) is 3.41. The lowest BCUT2D eigenvalue weighted by atomic mass is 10.4. The molecule has 0 heterocycles. The lowest BCUT2D eigenvalue weighted by molar-refractivity contribution is 0.238. The fourth-order valence-electron chi connectivity index (χ4n) is 0.408. The summed E-state index contributed by atoms with van der Waals surface area (Å²) in [6.45, 7) is 5.11. The molecule has 0 amide bonds. The van der Waals surface area contributed by atoms with Gasteiger partial charge in [0.25, 0.3) is 0 Å². The summed E-state index contributed by atoms with van der Waals surface area (Å²) in [6.07, 6.45) is 2.24. The summed E-state index contributed by atoms with van der Waals surface area (Å²) in [7, 11) is 1.54. The first-order valence-corrected chi connectivity index (χ1v) is 3.78. The minimum atomic E-state index is -0.546. The number of aliphatic hydroxyl groups is 1. The molecule has 1 N–H and O–H groups in total. The second-order valence-corrected chi connectivity index (χ2v) is 2.48. The maximum absolute atomic E-state index is 8.80. The van der Waals surface area contributed by atoms with Gasteiger partial charge in [-0.25, -0.2) is 0 Å². The van der Waals surface area contributed by atoms with Crippen molar-refractivity contribution in [2.24, 2.45) is 4.99 Å². The van der Waals surface area contributed by atoms with Crippen molar-refractivity contribution in [2.45, 2.75) is 13.0 Å². The highest BCUT2D eigenvalue weighted by Crippen LogP contribution is 2.02. The first-order chi connectivity index (χ1) is 5.57. The molecule has 0 aliphatic rings. The van der Waals surface area contributed by atoms with E-state index < -0.39 is 6.10 Å². The van der Waals surface area contributed by atoms with Crippen LogP contribution in [-0.4, -0.2) is 23.4 Å². The monoisotopic (exact) mass is 189 g/mol. The Morgan fingerprint density at radius 3 is 2.75 bits per heavy atom. The van der Waals surface area contributed by atoms with Gasteiger partial charge in [0.1, 0.15) is 0 Å². The van der Waals surface area contributed by atoms with Gasteiger partial charge < -0.3 is 9.84 Å². The Hall–Kier alpha value is -0.800. The third kappa shape index (κ3) is 4.93. The summed E-state index contributed by atoms with van der Waals surface area (Å²) >= 11 is 5.56. The molecule has 0 aliphatic carbocycles. The zero-order chi connectivity index (χ0) is 9.56. The molecule has 0 aromatic rings. The highest BCUT2D eigenvalue weighted by atomic mass is 35.5. The molecule has 0 spiro atoms. The molecular formula is C8H12ClNO2. The Kier molecular flexibility index (Phi) is 5.41.